The SMILES string of the molecule is CC[NH+](CC)CCn1c(O)c(N=NC(=O)c2cc(C)oc2C)c2ccccc21. The molecule has 0 unspecified atom stereocenters. The number of aromatic nitrogens is 1. The Kier molecular flexibility index (Phi) is 5.94. The van der Waals surface area contributed by atoms with Gasteiger partial charge in [-0.05, 0) is 39.8 Å². The minimum Gasteiger partial charge on any atom is -0.493 e. The lowest BCUT2D eigenvalue weighted by Crippen LogP contribution is -3.11. The van der Waals surface area contributed by atoms with Gasteiger partial charge in [-0.25, -0.2) is 0 Å². The summed E-state index contributed by atoms with van der Waals surface area (Å²) in [5.74, 6) is 0.701. The Bertz CT molecular complexity index is 1010. The maximum absolute atomic E-state index is 12.4. The van der Waals surface area contributed by atoms with Crippen molar-refractivity contribution >= 4 is 22.5 Å². The molecule has 0 fully saturated rings. The number of para-hydroxylation sites is 1. The largest absolute Gasteiger partial charge is 0.493 e. The molecule has 148 valence electrons. The average Bonchev–Trinajstić information content (AvgIpc) is 3.16. The molecule has 1 amide bonds. The van der Waals surface area contributed by atoms with Gasteiger partial charge in [0.15, 0.2) is 5.69 Å². The molecule has 0 radical (unpaired) electrons. The number of azo groups is 1. The van der Waals surface area contributed by atoms with Crippen LogP contribution in [0.2, 0.25) is 0 Å². The molecule has 0 aliphatic heterocycles. The quantitative estimate of drug-likeness (QED) is 0.613. The molecule has 0 bridgehead atoms. The number of aryl methyl sites for hydroxylation is 2. The number of aromatic hydroxyl groups is 1. The highest BCUT2D eigenvalue weighted by Crippen LogP contribution is 2.38. The van der Waals surface area contributed by atoms with Gasteiger partial charge in [0.05, 0.1) is 37.3 Å². The van der Waals surface area contributed by atoms with Crippen LogP contribution in [0.5, 0.6) is 5.88 Å². The molecule has 2 aromatic heterocycles. The first-order valence-corrected chi connectivity index (χ1v) is 9.63. The fourth-order valence-electron chi connectivity index (χ4n) is 3.46. The van der Waals surface area contributed by atoms with E-state index in [1.54, 1.807) is 19.9 Å². The zero-order valence-electron chi connectivity index (χ0n) is 16.8. The number of fused-ring (bicyclic) bond motifs is 1. The summed E-state index contributed by atoms with van der Waals surface area (Å²) in [7, 11) is 0. The fourth-order valence-corrected chi connectivity index (χ4v) is 3.46. The number of furan rings is 1. The average molecular weight is 383 g/mol. The van der Waals surface area contributed by atoms with Crippen molar-refractivity contribution in [2.24, 2.45) is 10.2 Å². The molecule has 0 aliphatic carbocycles. The number of nitrogens with zero attached hydrogens (tertiary/aromatic N) is 3. The first-order chi connectivity index (χ1) is 13.5. The Balaban J connectivity index is 1.94. The third-order valence-electron chi connectivity index (χ3n) is 5.12. The van der Waals surface area contributed by atoms with E-state index in [0.717, 1.165) is 30.5 Å². The predicted octanol–water partition coefficient (Wildman–Crippen LogP) is 3.41. The van der Waals surface area contributed by atoms with Crippen molar-refractivity contribution in [3.05, 3.63) is 47.4 Å². The third kappa shape index (κ3) is 3.84. The number of nitrogens with one attached hydrogen (secondary N) is 1. The summed E-state index contributed by atoms with van der Waals surface area (Å²) < 4.78 is 7.22. The Labute approximate surface area is 164 Å². The van der Waals surface area contributed by atoms with E-state index >= 15 is 0 Å². The maximum Gasteiger partial charge on any atom is 0.298 e. The second-order valence-electron chi connectivity index (χ2n) is 6.88. The van der Waals surface area contributed by atoms with Gasteiger partial charge in [0.1, 0.15) is 11.5 Å². The van der Waals surface area contributed by atoms with Crippen LogP contribution in [0.4, 0.5) is 5.69 Å². The molecule has 0 spiro atoms. The van der Waals surface area contributed by atoms with E-state index in [-0.39, 0.29) is 5.88 Å². The standard InChI is InChI=1S/C21H26N4O3/c1-5-24(6-2)11-12-25-18-10-8-7-9-16(18)19(21(25)27)22-23-20(26)17-13-14(3)28-15(17)4/h7-10,13,27H,5-6,11-12H2,1-4H3/p+1. The minimum absolute atomic E-state index is 0.0319. The molecule has 3 aromatic rings. The van der Waals surface area contributed by atoms with Gasteiger partial charge in [0.25, 0.3) is 5.91 Å². The lowest BCUT2D eigenvalue weighted by atomic mass is 10.2. The van der Waals surface area contributed by atoms with Gasteiger partial charge >= 0.3 is 0 Å². The predicted molar refractivity (Wildman–Crippen MR) is 108 cm³/mol. The molecule has 1 aromatic carbocycles. The summed E-state index contributed by atoms with van der Waals surface area (Å²) in [4.78, 5) is 13.8. The summed E-state index contributed by atoms with van der Waals surface area (Å²) in [6, 6.07) is 9.27. The Morgan fingerprint density at radius 1 is 1.21 bits per heavy atom. The van der Waals surface area contributed by atoms with Crippen LogP contribution in [0.1, 0.15) is 35.7 Å². The molecule has 7 heteroatoms. The van der Waals surface area contributed by atoms with Gasteiger partial charge < -0.3 is 19.0 Å². The summed E-state index contributed by atoms with van der Waals surface area (Å²) in [5, 5.41) is 19.5. The topological polar surface area (TPSA) is 84.5 Å². The van der Waals surface area contributed by atoms with E-state index in [2.05, 4.69) is 24.1 Å². The van der Waals surface area contributed by atoms with Crippen LogP contribution in [0.15, 0.2) is 45.0 Å². The van der Waals surface area contributed by atoms with Crippen molar-refractivity contribution in [3.63, 3.8) is 0 Å². The molecule has 0 aliphatic rings. The molecule has 0 saturated heterocycles. The number of amides is 1. The number of quaternary nitrogens is 1. The Hall–Kier alpha value is -2.93. The third-order valence-corrected chi connectivity index (χ3v) is 5.12. The molecule has 0 saturated carbocycles. The summed E-state index contributed by atoms with van der Waals surface area (Å²) >= 11 is 0. The summed E-state index contributed by atoms with van der Waals surface area (Å²) in [6.07, 6.45) is 0. The summed E-state index contributed by atoms with van der Waals surface area (Å²) in [5.41, 5.74) is 1.58. The molecule has 0 atom stereocenters. The Morgan fingerprint density at radius 2 is 1.93 bits per heavy atom. The molecule has 2 N–H and O–H groups in total. The van der Waals surface area contributed by atoms with Crippen molar-refractivity contribution in [2.45, 2.75) is 34.2 Å². The van der Waals surface area contributed by atoms with E-state index in [0.29, 0.717) is 29.3 Å². The zero-order chi connectivity index (χ0) is 20.3. The van der Waals surface area contributed by atoms with Crippen LogP contribution < -0.4 is 4.90 Å². The normalized spacial score (nSPS) is 11.9. The van der Waals surface area contributed by atoms with Crippen molar-refractivity contribution in [1.82, 2.24) is 4.57 Å². The van der Waals surface area contributed by atoms with Gasteiger partial charge in [-0.1, -0.05) is 18.2 Å². The number of benzene rings is 1. The van der Waals surface area contributed by atoms with Crippen molar-refractivity contribution in [2.75, 3.05) is 19.6 Å². The maximum atomic E-state index is 12.4. The van der Waals surface area contributed by atoms with E-state index in [4.69, 9.17) is 4.42 Å². The molecule has 2 heterocycles. The van der Waals surface area contributed by atoms with Gasteiger partial charge in [0, 0.05) is 5.39 Å². The van der Waals surface area contributed by atoms with Gasteiger partial charge in [0.2, 0.25) is 5.88 Å². The Morgan fingerprint density at radius 3 is 2.57 bits per heavy atom. The highest BCUT2D eigenvalue weighted by atomic mass is 16.3. The molecular weight excluding hydrogens is 356 g/mol. The van der Waals surface area contributed by atoms with Crippen LogP contribution in [0, 0.1) is 13.8 Å². The van der Waals surface area contributed by atoms with E-state index < -0.39 is 5.91 Å². The van der Waals surface area contributed by atoms with E-state index in [1.807, 2.05) is 28.8 Å². The number of rotatable bonds is 7. The first kappa shape index (κ1) is 19.8. The van der Waals surface area contributed by atoms with Crippen LogP contribution in [-0.2, 0) is 6.54 Å². The van der Waals surface area contributed by atoms with Crippen LogP contribution in [-0.4, -0.2) is 35.2 Å². The first-order valence-electron chi connectivity index (χ1n) is 9.63. The molecule has 3 rings (SSSR count). The number of hydrogen-bond acceptors (Lipinski definition) is 4. The monoisotopic (exact) mass is 383 g/mol. The van der Waals surface area contributed by atoms with E-state index in [1.165, 1.54) is 4.90 Å². The second-order valence-corrected chi connectivity index (χ2v) is 6.88. The van der Waals surface area contributed by atoms with Gasteiger partial charge in [-0.15, -0.1) is 10.2 Å². The summed E-state index contributed by atoms with van der Waals surface area (Å²) in [6.45, 7) is 11.4. The molecule has 28 heavy (non-hydrogen) atoms. The lowest BCUT2D eigenvalue weighted by molar-refractivity contribution is -0.897. The molecule has 7 nitrogen and oxygen atoms in total. The number of likely N-dealkylation sites (N-methyl/N-ethyl adjacent to an activating group) is 1. The highest BCUT2D eigenvalue weighted by molar-refractivity contribution is 5.97. The fraction of sp³-hybridized carbons (Fsp3) is 0.381. The van der Waals surface area contributed by atoms with E-state index in [9.17, 15) is 9.90 Å². The minimum atomic E-state index is -0.488. The number of carbonyl (C=O) groups excluding carboxylic acids is 1. The highest BCUT2D eigenvalue weighted by Gasteiger charge is 2.19. The lowest BCUT2D eigenvalue weighted by Gasteiger charge is -2.16. The number of hydrogen-bond donors (Lipinski definition) is 2. The molecular formula is C21H27N4O3+. The van der Waals surface area contributed by atoms with Gasteiger partial charge in [-0.2, -0.15) is 0 Å². The smallest absolute Gasteiger partial charge is 0.298 e. The second kappa shape index (κ2) is 8.39. The van der Waals surface area contributed by atoms with Crippen molar-refractivity contribution in [3.8, 4) is 5.88 Å². The van der Waals surface area contributed by atoms with Crippen LogP contribution in [0.3, 0.4) is 0 Å². The number of carbonyl (C=O) groups is 1. The van der Waals surface area contributed by atoms with Crippen molar-refractivity contribution < 1.29 is 19.2 Å². The van der Waals surface area contributed by atoms with Crippen molar-refractivity contribution in [1.29, 1.82) is 0 Å². The zero-order valence-corrected chi connectivity index (χ0v) is 16.8. The van der Waals surface area contributed by atoms with Gasteiger partial charge in [-0.3, -0.25) is 4.79 Å². The van der Waals surface area contributed by atoms with Crippen LogP contribution >= 0.6 is 0 Å². The van der Waals surface area contributed by atoms with Crippen LogP contribution in [0.25, 0.3) is 10.9 Å².